The van der Waals surface area contributed by atoms with Gasteiger partial charge in [0.2, 0.25) is 0 Å². The van der Waals surface area contributed by atoms with Gasteiger partial charge in [0.25, 0.3) is 0 Å². The van der Waals surface area contributed by atoms with E-state index in [0.29, 0.717) is 12.3 Å². The van der Waals surface area contributed by atoms with E-state index in [-0.39, 0.29) is 0 Å². The molecule has 0 bridgehead atoms. The summed E-state index contributed by atoms with van der Waals surface area (Å²) in [5, 5.41) is 3.32. The predicted molar refractivity (Wildman–Crippen MR) is 67.1 cm³/mol. The van der Waals surface area contributed by atoms with Crippen LogP contribution in [0.5, 0.6) is 5.75 Å². The van der Waals surface area contributed by atoms with Crippen LogP contribution in [0.4, 0.5) is 4.39 Å². The lowest BCUT2D eigenvalue weighted by Crippen LogP contribution is -2.30. The van der Waals surface area contributed by atoms with Gasteiger partial charge in [0.1, 0.15) is 11.9 Å². The molecule has 1 aliphatic rings. The summed E-state index contributed by atoms with van der Waals surface area (Å²) in [6.45, 7) is 2.02. The molecular weight excluding hydrogens is 217 g/mol. The summed E-state index contributed by atoms with van der Waals surface area (Å²) in [7, 11) is 1.61. The van der Waals surface area contributed by atoms with Crippen molar-refractivity contribution in [2.24, 2.45) is 5.92 Å². The van der Waals surface area contributed by atoms with Gasteiger partial charge in [-0.3, -0.25) is 0 Å². The molecule has 2 atom stereocenters. The number of ether oxygens (including phenoxy) is 1. The Morgan fingerprint density at radius 1 is 1.53 bits per heavy atom. The van der Waals surface area contributed by atoms with Crippen molar-refractivity contribution in [1.29, 1.82) is 0 Å². The average Bonchev–Trinajstić information content (AvgIpc) is 2.40. The van der Waals surface area contributed by atoms with E-state index in [2.05, 4.69) is 5.32 Å². The van der Waals surface area contributed by atoms with Crippen molar-refractivity contribution in [2.75, 3.05) is 20.2 Å². The number of hydrogen-bond donors (Lipinski definition) is 1. The van der Waals surface area contributed by atoms with E-state index in [1.54, 1.807) is 13.2 Å². The molecular formula is C14H20FNO. The third-order valence-electron chi connectivity index (χ3n) is 3.39. The largest absolute Gasteiger partial charge is 0.497 e. The minimum Gasteiger partial charge on any atom is -0.497 e. The first-order valence-corrected chi connectivity index (χ1v) is 6.28. The monoisotopic (exact) mass is 237 g/mol. The predicted octanol–water partition coefficient (Wildman–Crippen LogP) is 3.10. The maximum atomic E-state index is 14.2. The molecule has 94 valence electrons. The van der Waals surface area contributed by atoms with E-state index >= 15 is 0 Å². The maximum Gasteiger partial charge on any atom is 0.126 e. The lowest BCUT2D eigenvalue weighted by Gasteiger charge is -2.24. The lowest BCUT2D eigenvalue weighted by atomic mass is 9.91. The fourth-order valence-electron chi connectivity index (χ4n) is 2.39. The molecule has 0 radical (unpaired) electrons. The summed E-state index contributed by atoms with van der Waals surface area (Å²) < 4.78 is 19.3. The molecule has 1 N–H and O–H groups in total. The van der Waals surface area contributed by atoms with Crippen LogP contribution in [0, 0.1) is 5.92 Å². The van der Waals surface area contributed by atoms with Gasteiger partial charge < -0.3 is 10.1 Å². The van der Waals surface area contributed by atoms with E-state index in [1.165, 1.54) is 0 Å². The molecule has 2 nitrogen and oxygen atoms in total. The van der Waals surface area contributed by atoms with Gasteiger partial charge in [-0.2, -0.15) is 0 Å². The van der Waals surface area contributed by atoms with Gasteiger partial charge in [0.15, 0.2) is 0 Å². The van der Waals surface area contributed by atoms with Crippen molar-refractivity contribution in [1.82, 2.24) is 5.32 Å². The highest BCUT2D eigenvalue weighted by Gasteiger charge is 2.19. The Kier molecular flexibility index (Phi) is 4.37. The van der Waals surface area contributed by atoms with Crippen molar-refractivity contribution >= 4 is 0 Å². The highest BCUT2D eigenvalue weighted by Crippen LogP contribution is 2.30. The highest BCUT2D eigenvalue weighted by atomic mass is 19.1. The maximum absolute atomic E-state index is 14.2. The van der Waals surface area contributed by atoms with E-state index < -0.39 is 6.17 Å². The van der Waals surface area contributed by atoms with Gasteiger partial charge in [-0.25, -0.2) is 4.39 Å². The van der Waals surface area contributed by atoms with Crippen LogP contribution in [0.25, 0.3) is 0 Å². The summed E-state index contributed by atoms with van der Waals surface area (Å²) in [4.78, 5) is 0. The van der Waals surface area contributed by atoms with Crippen LogP contribution in [0.1, 0.15) is 31.0 Å². The quantitative estimate of drug-likeness (QED) is 0.868. The highest BCUT2D eigenvalue weighted by molar-refractivity contribution is 5.29. The summed E-state index contributed by atoms with van der Waals surface area (Å²) in [6, 6.07) is 7.32. The molecule has 0 saturated carbocycles. The van der Waals surface area contributed by atoms with Gasteiger partial charge in [0, 0.05) is 0 Å². The van der Waals surface area contributed by atoms with E-state index in [4.69, 9.17) is 4.74 Å². The Balaban J connectivity index is 1.95. The topological polar surface area (TPSA) is 21.3 Å². The Morgan fingerprint density at radius 2 is 2.41 bits per heavy atom. The number of hydrogen-bond acceptors (Lipinski definition) is 2. The van der Waals surface area contributed by atoms with Crippen LogP contribution in [0.15, 0.2) is 24.3 Å². The second-order valence-corrected chi connectivity index (χ2v) is 4.69. The average molecular weight is 237 g/mol. The van der Waals surface area contributed by atoms with Crippen molar-refractivity contribution in [2.45, 2.75) is 25.4 Å². The second-order valence-electron chi connectivity index (χ2n) is 4.69. The molecule has 17 heavy (non-hydrogen) atoms. The molecule has 1 aromatic carbocycles. The first kappa shape index (κ1) is 12.4. The molecule has 2 unspecified atom stereocenters. The first-order chi connectivity index (χ1) is 8.29. The fourth-order valence-corrected chi connectivity index (χ4v) is 2.39. The zero-order valence-corrected chi connectivity index (χ0v) is 10.3. The molecule has 1 fully saturated rings. The van der Waals surface area contributed by atoms with Gasteiger partial charge in [-0.15, -0.1) is 0 Å². The van der Waals surface area contributed by atoms with E-state index in [9.17, 15) is 4.39 Å². The number of methoxy groups -OCH3 is 1. The number of rotatable bonds is 4. The van der Waals surface area contributed by atoms with Crippen molar-refractivity contribution in [3.05, 3.63) is 29.8 Å². The Labute approximate surface area is 102 Å². The lowest BCUT2D eigenvalue weighted by molar-refractivity contribution is 0.242. The zero-order valence-electron chi connectivity index (χ0n) is 10.3. The van der Waals surface area contributed by atoms with Gasteiger partial charge in [-0.05, 0) is 56.0 Å². The fraction of sp³-hybridized carbons (Fsp3) is 0.571. The van der Waals surface area contributed by atoms with Gasteiger partial charge >= 0.3 is 0 Å². The summed E-state index contributed by atoms with van der Waals surface area (Å²) >= 11 is 0. The molecule has 0 spiro atoms. The smallest absolute Gasteiger partial charge is 0.126 e. The number of alkyl halides is 1. The Morgan fingerprint density at radius 3 is 3.12 bits per heavy atom. The molecule has 0 amide bonds. The van der Waals surface area contributed by atoms with Crippen LogP contribution in [0.2, 0.25) is 0 Å². The number of halogens is 1. The van der Waals surface area contributed by atoms with Crippen LogP contribution in [-0.2, 0) is 0 Å². The standard InChI is InChI=1S/C14H20FNO/c1-17-13-6-2-5-12(9-13)14(15)8-11-4-3-7-16-10-11/h2,5-6,9,11,14,16H,3-4,7-8,10H2,1H3. The third kappa shape index (κ3) is 3.43. The van der Waals surface area contributed by atoms with E-state index in [1.807, 2.05) is 18.2 Å². The number of nitrogens with one attached hydrogen (secondary N) is 1. The summed E-state index contributed by atoms with van der Waals surface area (Å²) in [6.07, 6.45) is 2.03. The van der Waals surface area contributed by atoms with Gasteiger partial charge in [0.05, 0.1) is 7.11 Å². The number of benzene rings is 1. The van der Waals surface area contributed by atoms with Crippen LogP contribution in [-0.4, -0.2) is 20.2 Å². The van der Waals surface area contributed by atoms with Crippen LogP contribution < -0.4 is 10.1 Å². The van der Waals surface area contributed by atoms with Crippen molar-refractivity contribution in [3.8, 4) is 5.75 Å². The van der Waals surface area contributed by atoms with Crippen molar-refractivity contribution in [3.63, 3.8) is 0 Å². The Bertz CT molecular complexity index is 350. The minimum atomic E-state index is -0.880. The van der Waals surface area contributed by atoms with Crippen LogP contribution >= 0.6 is 0 Å². The van der Waals surface area contributed by atoms with Crippen LogP contribution in [0.3, 0.4) is 0 Å². The molecule has 1 aliphatic heterocycles. The van der Waals surface area contributed by atoms with Gasteiger partial charge in [-0.1, -0.05) is 12.1 Å². The molecule has 1 saturated heterocycles. The molecule has 1 heterocycles. The second kappa shape index (κ2) is 6.01. The normalized spacial score (nSPS) is 22.1. The molecule has 2 rings (SSSR count). The summed E-state index contributed by atoms with van der Waals surface area (Å²) in [5.74, 6) is 1.19. The SMILES string of the molecule is COc1cccc(C(F)CC2CCCNC2)c1. The van der Waals surface area contributed by atoms with E-state index in [0.717, 1.165) is 37.2 Å². The van der Waals surface area contributed by atoms with Crippen molar-refractivity contribution < 1.29 is 9.13 Å². The Hall–Kier alpha value is -1.09. The molecule has 0 aliphatic carbocycles. The number of piperidine rings is 1. The minimum absolute atomic E-state index is 0.463. The first-order valence-electron chi connectivity index (χ1n) is 6.28. The third-order valence-corrected chi connectivity index (χ3v) is 3.39. The summed E-state index contributed by atoms with van der Waals surface area (Å²) in [5.41, 5.74) is 0.731. The molecule has 3 heteroatoms. The zero-order chi connectivity index (χ0) is 12.1. The molecule has 0 aromatic heterocycles. The molecule has 1 aromatic rings.